The van der Waals surface area contributed by atoms with Crippen molar-refractivity contribution < 1.29 is 19.4 Å². The van der Waals surface area contributed by atoms with Gasteiger partial charge in [0.15, 0.2) is 11.5 Å². The minimum absolute atomic E-state index is 0.110. The van der Waals surface area contributed by atoms with E-state index in [4.69, 9.17) is 9.47 Å². The van der Waals surface area contributed by atoms with Gasteiger partial charge in [0.05, 0.1) is 7.11 Å². The van der Waals surface area contributed by atoms with Crippen LogP contribution >= 0.6 is 0 Å². The van der Waals surface area contributed by atoms with E-state index >= 15 is 0 Å². The molecule has 30 heavy (non-hydrogen) atoms. The monoisotopic (exact) mass is 418 g/mol. The lowest BCUT2D eigenvalue weighted by Crippen LogP contribution is -2.03. The van der Waals surface area contributed by atoms with Crippen molar-refractivity contribution in [2.24, 2.45) is 0 Å². The molecule has 4 nitrogen and oxygen atoms in total. The molecule has 0 aliphatic carbocycles. The SMILES string of the molecule is CCCCCCCCCCCCCCCC(=O)OCC=Cc1ccc(O)c(OC)c1. The molecule has 0 atom stereocenters. The van der Waals surface area contributed by atoms with Gasteiger partial charge in [0.25, 0.3) is 0 Å². The van der Waals surface area contributed by atoms with Gasteiger partial charge in [-0.15, -0.1) is 0 Å². The number of hydrogen-bond donors (Lipinski definition) is 1. The number of hydrogen-bond acceptors (Lipinski definition) is 4. The summed E-state index contributed by atoms with van der Waals surface area (Å²) < 4.78 is 10.3. The van der Waals surface area contributed by atoms with Gasteiger partial charge in [-0.3, -0.25) is 4.79 Å². The zero-order chi connectivity index (χ0) is 21.9. The predicted octanol–water partition coefficient (Wildman–Crippen LogP) is 7.44. The number of esters is 1. The molecule has 0 aromatic heterocycles. The van der Waals surface area contributed by atoms with E-state index < -0.39 is 0 Å². The van der Waals surface area contributed by atoms with Crippen LogP contribution in [-0.4, -0.2) is 24.8 Å². The van der Waals surface area contributed by atoms with Crippen LogP contribution in [0, 0.1) is 0 Å². The number of unbranched alkanes of at least 4 members (excludes halogenated alkanes) is 12. The van der Waals surface area contributed by atoms with Crippen molar-refractivity contribution in [2.45, 2.75) is 96.8 Å². The second-order valence-electron chi connectivity index (χ2n) is 8.01. The first kappa shape index (κ1) is 26.1. The molecule has 0 saturated carbocycles. The summed E-state index contributed by atoms with van der Waals surface area (Å²) in [6, 6.07) is 5.10. The van der Waals surface area contributed by atoms with Crippen molar-refractivity contribution in [3.05, 3.63) is 29.8 Å². The number of rotatable bonds is 18. The Balaban J connectivity index is 1.94. The van der Waals surface area contributed by atoms with E-state index in [-0.39, 0.29) is 18.3 Å². The number of phenolic OH excluding ortho intramolecular Hbond substituents is 1. The minimum Gasteiger partial charge on any atom is -0.504 e. The molecule has 0 amide bonds. The molecule has 1 aromatic rings. The van der Waals surface area contributed by atoms with Crippen LogP contribution < -0.4 is 4.74 Å². The zero-order valence-electron chi connectivity index (χ0n) is 19.2. The van der Waals surface area contributed by atoms with Crippen LogP contribution in [0.1, 0.15) is 102 Å². The second kappa shape index (κ2) is 17.9. The number of methoxy groups -OCH3 is 1. The third kappa shape index (κ3) is 13.3. The number of carbonyl (C=O) groups excluding carboxylic acids is 1. The molecule has 0 saturated heterocycles. The van der Waals surface area contributed by atoms with E-state index in [2.05, 4.69) is 6.92 Å². The zero-order valence-corrected chi connectivity index (χ0v) is 19.2. The molecule has 0 unspecified atom stereocenters. The van der Waals surface area contributed by atoms with E-state index in [9.17, 15) is 9.90 Å². The Bertz CT molecular complexity index is 595. The molecular weight excluding hydrogens is 376 g/mol. The van der Waals surface area contributed by atoms with Gasteiger partial charge < -0.3 is 14.6 Å². The molecule has 1 aromatic carbocycles. The van der Waals surface area contributed by atoms with Crippen molar-refractivity contribution in [2.75, 3.05) is 13.7 Å². The maximum absolute atomic E-state index is 11.8. The Morgan fingerprint density at radius 2 is 1.47 bits per heavy atom. The lowest BCUT2D eigenvalue weighted by molar-refractivity contribution is -0.142. The van der Waals surface area contributed by atoms with Crippen LogP contribution in [0.5, 0.6) is 11.5 Å². The van der Waals surface area contributed by atoms with Gasteiger partial charge in [0, 0.05) is 6.42 Å². The Labute approximate surface area is 183 Å². The van der Waals surface area contributed by atoms with Gasteiger partial charge in [-0.2, -0.15) is 0 Å². The van der Waals surface area contributed by atoms with Crippen molar-refractivity contribution >= 4 is 12.0 Å². The van der Waals surface area contributed by atoms with E-state index in [0.29, 0.717) is 12.2 Å². The highest BCUT2D eigenvalue weighted by Gasteiger charge is 2.02. The van der Waals surface area contributed by atoms with Crippen LogP contribution in [0.4, 0.5) is 0 Å². The van der Waals surface area contributed by atoms with Crippen LogP contribution in [0.2, 0.25) is 0 Å². The molecular formula is C26H42O4. The van der Waals surface area contributed by atoms with Gasteiger partial charge in [-0.1, -0.05) is 96.1 Å². The topological polar surface area (TPSA) is 55.8 Å². The van der Waals surface area contributed by atoms with E-state index in [1.165, 1.54) is 77.7 Å². The average Bonchev–Trinajstić information content (AvgIpc) is 2.75. The van der Waals surface area contributed by atoms with Crippen molar-refractivity contribution in [3.8, 4) is 11.5 Å². The summed E-state index contributed by atoms with van der Waals surface area (Å²) >= 11 is 0. The number of phenols is 1. The average molecular weight is 419 g/mol. The fraction of sp³-hybridized carbons (Fsp3) is 0.654. The second-order valence-corrected chi connectivity index (χ2v) is 8.01. The maximum Gasteiger partial charge on any atom is 0.306 e. The molecule has 0 fully saturated rings. The van der Waals surface area contributed by atoms with Gasteiger partial charge in [-0.05, 0) is 30.2 Å². The van der Waals surface area contributed by atoms with E-state index in [1.807, 2.05) is 6.08 Å². The Morgan fingerprint density at radius 3 is 2.03 bits per heavy atom. The molecule has 0 spiro atoms. The number of ether oxygens (including phenoxy) is 2. The number of benzene rings is 1. The summed E-state index contributed by atoms with van der Waals surface area (Å²) in [7, 11) is 1.51. The smallest absolute Gasteiger partial charge is 0.306 e. The lowest BCUT2D eigenvalue weighted by Gasteiger charge is -2.04. The van der Waals surface area contributed by atoms with Crippen molar-refractivity contribution in [1.82, 2.24) is 0 Å². The first-order chi connectivity index (χ1) is 14.7. The van der Waals surface area contributed by atoms with Gasteiger partial charge in [0.1, 0.15) is 6.61 Å². The highest BCUT2D eigenvalue weighted by atomic mass is 16.5. The molecule has 0 bridgehead atoms. The third-order valence-electron chi connectivity index (χ3n) is 5.34. The molecule has 0 aliphatic heterocycles. The molecule has 4 heteroatoms. The Kier molecular flexibility index (Phi) is 15.5. The molecule has 1 rings (SSSR count). The minimum atomic E-state index is -0.133. The van der Waals surface area contributed by atoms with Gasteiger partial charge >= 0.3 is 5.97 Å². The van der Waals surface area contributed by atoms with Crippen LogP contribution in [0.3, 0.4) is 0 Å². The quantitative estimate of drug-likeness (QED) is 0.199. The standard InChI is InChI=1S/C26H42O4/c1-3-4-5-6-7-8-9-10-11-12-13-14-15-18-26(28)30-21-16-17-23-19-20-24(27)25(22-23)29-2/h16-17,19-20,22,27H,3-15,18,21H2,1-2H3. The highest BCUT2D eigenvalue weighted by Crippen LogP contribution is 2.26. The molecule has 0 heterocycles. The van der Waals surface area contributed by atoms with Crippen LogP contribution in [0.25, 0.3) is 6.08 Å². The van der Waals surface area contributed by atoms with Crippen LogP contribution in [-0.2, 0) is 9.53 Å². The Morgan fingerprint density at radius 1 is 0.900 bits per heavy atom. The van der Waals surface area contributed by atoms with Crippen molar-refractivity contribution in [1.29, 1.82) is 0 Å². The summed E-state index contributed by atoms with van der Waals surface area (Å²) in [6.45, 7) is 2.53. The normalized spacial score (nSPS) is 11.1. The van der Waals surface area contributed by atoms with Crippen molar-refractivity contribution in [3.63, 3.8) is 0 Å². The fourth-order valence-electron chi connectivity index (χ4n) is 3.48. The fourth-order valence-corrected chi connectivity index (χ4v) is 3.48. The molecule has 1 N–H and O–H groups in total. The molecule has 0 radical (unpaired) electrons. The maximum atomic E-state index is 11.8. The van der Waals surface area contributed by atoms with Gasteiger partial charge in [-0.25, -0.2) is 0 Å². The largest absolute Gasteiger partial charge is 0.504 e. The first-order valence-electron chi connectivity index (χ1n) is 11.9. The first-order valence-corrected chi connectivity index (χ1v) is 11.9. The van der Waals surface area contributed by atoms with E-state index in [1.54, 1.807) is 24.3 Å². The summed E-state index contributed by atoms with van der Waals surface area (Å²) in [5.74, 6) is 0.404. The number of aromatic hydroxyl groups is 1. The number of carbonyl (C=O) groups is 1. The van der Waals surface area contributed by atoms with Gasteiger partial charge in [0.2, 0.25) is 0 Å². The van der Waals surface area contributed by atoms with E-state index in [0.717, 1.165) is 18.4 Å². The lowest BCUT2D eigenvalue weighted by atomic mass is 10.0. The summed E-state index contributed by atoms with van der Waals surface area (Å²) in [5.41, 5.74) is 0.886. The Hall–Kier alpha value is -1.97. The summed E-state index contributed by atoms with van der Waals surface area (Å²) in [6.07, 6.45) is 21.0. The highest BCUT2D eigenvalue weighted by molar-refractivity contribution is 5.69. The predicted molar refractivity (Wildman–Crippen MR) is 125 cm³/mol. The molecule has 170 valence electrons. The third-order valence-corrected chi connectivity index (χ3v) is 5.34. The molecule has 0 aliphatic rings. The summed E-state index contributed by atoms with van der Waals surface area (Å²) in [4.78, 5) is 11.8. The van der Waals surface area contributed by atoms with Crippen LogP contribution in [0.15, 0.2) is 24.3 Å². The summed E-state index contributed by atoms with van der Waals surface area (Å²) in [5, 5.41) is 9.58.